The molecule has 0 saturated carbocycles. The van der Waals surface area contributed by atoms with Crippen molar-refractivity contribution in [3.63, 3.8) is 0 Å². The van der Waals surface area contributed by atoms with Gasteiger partial charge in [-0.3, -0.25) is 0 Å². The summed E-state index contributed by atoms with van der Waals surface area (Å²) in [4.78, 5) is 0. The second-order valence-electron chi connectivity index (χ2n) is 9.38. The molecule has 0 amide bonds. The smallest absolute Gasteiger partial charge is 0.0434 e. The Balaban J connectivity index is 1.56. The van der Waals surface area contributed by atoms with Crippen LogP contribution in [0, 0.1) is 12.8 Å². The van der Waals surface area contributed by atoms with Gasteiger partial charge in [-0.25, -0.2) is 0 Å². The number of hydroxylamine groups is 1. The van der Waals surface area contributed by atoms with Crippen molar-refractivity contribution < 1.29 is 5.21 Å². The Labute approximate surface area is 216 Å². The summed E-state index contributed by atoms with van der Waals surface area (Å²) < 4.78 is 1.32. The zero-order valence-corrected chi connectivity index (χ0v) is 22.5. The van der Waals surface area contributed by atoms with E-state index in [0.717, 1.165) is 36.4 Å². The van der Waals surface area contributed by atoms with Crippen LogP contribution in [0.15, 0.2) is 79.0 Å². The van der Waals surface area contributed by atoms with Gasteiger partial charge in [-0.05, 0) is 71.7 Å². The first-order chi connectivity index (χ1) is 16.9. The van der Waals surface area contributed by atoms with Gasteiger partial charge >= 0.3 is 0 Å². The topological polar surface area (TPSA) is 35.5 Å². The lowest BCUT2D eigenvalue weighted by Crippen LogP contribution is -2.22. The largest absolute Gasteiger partial charge is 0.359 e. The Morgan fingerprint density at radius 2 is 1.57 bits per heavy atom. The Hall–Kier alpha value is -2.53. The number of benzene rings is 3. The quantitative estimate of drug-likeness (QED) is 0.187. The maximum absolute atomic E-state index is 10.00. The van der Waals surface area contributed by atoms with Crippen LogP contribution in [0.1, 0.15) is 55.9 Å². The lowest BCUT2D eigenvalue weighted by Gasteiger charge is -2.21. The zero-order valence-electron chi connectivity index (χ0n) is 21.7. The minimum absolute atomic E-state index is 0.133. The SMILES string of the molecule is C=C(Nc1ccc(Cc2ccc(-c3ccc(C)c(CCC)c3)cc2)cc1)C(C)CN(O)SCCC. The predicted octanol–water partition coefficient (Wildman–Crippen LogP) is 8.52. The minimum Gasteiger partial charge on any atom is -0.359 e. The lowest BCUT2D eigenvalue weighted by molar-refractivity contribution is 0.00887. The van der Waals surface area contributed by atoms with E-state index < -0.39 is 0 Å². The van der Waals surface area contributed by atoms with Gasteiger partial charge in [0.2, 0.25) is 0 Å². The fourth-order valence-corrected chi connectivity index (χ4v) is 4.77. The molecule has 0 saturated heterocycles. The third kappa shape index (κ3) is 8.28. The summed E-state index contributed by atoms with van der Waals surface area (Å²) in [6.45, 7) is 13.3. The van der Waals surface area contributed by atoms with Crippen LogP contribution in [0.4, 0.5) is 5.69 Å². The normalized spacial score (nSPS) is 12.1. The van der Waals surface area contributed by atoms with Crippen molar-refractivity contribution in [3.8, 4) is 11.1 Å². The summed E-state index contributed by atoms with van der Waals surface area (Å²) in [5.74, 6) is 1.05. The Kier molecular flexibility index (Phi) is 10.5. The standard InChI is InChI=1S/C31H40N2OS/c1-6-8-29-21-30(14-9-23(29)3)28-15-10-26(11-16-28)20-27-12-17-31(18-13-27)32-25(5)24(4)22-33(34)35-19-7-2/h9-18,21,24,32,34H,5-8,19-20,22H2,1-4H3. The second-order valence-corrected chi connectivity index (χ2v) is 10.5. The first kappa shape index (κ1) is 27.1. The van der Waals surface area contributed by atoms with Crippen molar-refractivity contribution in [2.75, 3.05) is 17.6 Å². The highest BCUT2D eigenvalue weighted by Gasteiger charge is 2.12. The maximum Gasteiger partial charge on any atom is 0.0434 e. The van der Waals surface area contributed by atoms with Crippen molar-refractivity contribution in [3.05, 3.63) is 101 Å². The Morgan fingerprint density at radius 3 is 2.20 bits per heavy atom. The Bertz CT molecular complexity index is 1080. The average molecular weight is 489 g/mol. The molecule has 3 rings (SSSR count). The number of nitrogens with zero attached hydrogens (tertiary/aromatic N) is 1. The molecule has 3 aromatic rings. The molecule has 1 atom stereocenters. The highest BCUT2D eigenvalue weighted by atomic mass is 32.2. The van der Waals surface area contributed by atoms with Gasteiger partial charge in [0.25, 0.3) is 0 Å². The van der Waals surface area contributed by atoms with Crippen LogP contribution in [0.3, 0.4) is 0 Å². The molecule has 1 unspecified atom stereocenters. The van der Waals surface area contributed by atoms with Crippen LogP contribution >= 0.6 is 11.9 Å². The second kappa shape index (κ2) is 13.5. The monoisotopic (exact) mass is 488 g/mol. The molecule has 0 aromatic heterocycles. The minimum atomic E-state index is 0.133. The molecule has 0 spiro atoms. The van der Waals surface area contributed by atoms with Crippen LogP contribution in [0.5, 0.6) is 0 Å². The number of hydrogen-bond acceptors (Lipinski definition) is 4. The molecule has 4 heteroatoms. The molecule has 0 aliphatic heterocycles. The van der Waals surface area contributed by atoms with E-state index in [1.165, 1.54) is 56.2 Å². The van der Waals surface area contributed by atoms with Crippen LogP contribution in [-0.4, -0.2) is 22.0 Å². The fourth-order valence-electron chi connectivity index (χ4n) is 4.05. The molecule has 0 aliphatic rings. The predicted molar refractivity (Wildman–Crippen MR) is 153 cm³/mol. The van der Waals surface area contributed by atoms with E-state index in [4.69, 9.17) is 0 Å². The van der Waals surface area contributed by atoms with Gasteiger partial charge in [0, 0.05) is 29.6 Å². The van der Waals surface area contributed by atoms with Crippen molar-refractivity contribution in [2.45, 2.75) is 53.4 Å². The molecular formula is C31H40N2OS. The number of nitrogens with one attached hydrogen (secondary N) is 1. The van der Waals surface area contributed by atoms with Gasteiger partial charge in [-0.1, -0.05) is 100 Å². The van der Waals surface area contributed by atoms with E-state index in [9.17, 15) is 5.21 Å². The molecule has 3 aromatic carbocycles. The fraction of sp³-hybridized carbons (Fsp3) is 0.355. The van der Waals surface area contributed by atoms with Gasteiger partial charge in [0.15, 0.2) is 0 Å². The van der Waals surface area contributed by atoms with E-state index in [-0.39, 0.29) is 5.92 Å². The first-order valence-corrected chi connectivity index (χ1v) is 13.7. The van der Waals surface area contributed by atoms with E-state index in [1.807, 2.05) is 0 Å². The third-order valence-corrected chi connectivity index (χ3v) is 7.33. The van der Waals surface area contributed by atoms with E-state index in [1.54, 1.807) is 0 Å². The molecule has 0 fully saturated rings. The first-order valence-electron chi connectivity index (χ1n) is 12.7. The molecule has 0 bridgehead atoms. The van der Waals surface area contributed by atoms with E-state index in [0.29, 0.717) is 6.54 Å². The molecule has 0 radical (unpaired) electrons. The van der Waals surface area contributed by atoms with E-state index in [2.05, 4.69) is 106 Å². The molecule has 0 aliphatic carbocycles. The molecular weight excluding hydrogens is 448 g/mol. The molecule has 2 N–H and O–H groups in total. The summed E-state index contributed by atoms with van der Waals surface area (Å²) in [6, 6.07) is 24.3. The summed E-state index contributed by atoms with van der Waals surface area (Å²) in [7, 11) is 0. The van der Waals surface area contributed by atoms with Gasteiger partial charge in [0.1, 0.15) is 0 Å². The zero-order chi connectivity index (χ0) is 25.2. The van der Waals surface area contributed by atoms with E-state index >= 15 is 0 Å². The maximum atomic E-state index is 10.00. The number of hydrogen-bond donors (Lipinski definition) is 2. The van der Waals surface area contributed by atoms with Crippen LogP contribution in [-0.2, 0) is 12.8 Å². The molecule has 35 heavy (non-hydrogen) atoms. The third-order valence-electron chi connectivity index (χ3n) is 6.29. The van der Waals surface area contributed by atoms with Gasteiger partial charge in [0.05, 0.1) is 0 Å². The summed E-state index contributed by atoms with van der Waals surface area (Å²) in [5.41, 5.74) is 9.91. The van der Waals surface area contributed by atoms with Crippen LogP contribution < -0.4 is 5.32 Å². The van der Waals surface area contributed by atoms with Gasteiger partial charge in [-0.2, -0.15) is 0 Å². The summed E-state index contributed by atoms with van der Waals surface area (Å²) in [5, 5.41) is 13.4. The van der Waals surface area contributed by atoms with Crippen LogP contribution in [0.2, 0.25) is 0 Å². The number of rotatable bonds is 13. The summed E-state index contributed by atoms with van der Waals surface area (Å²) >= 11 is 1.45. The molecule has 3 nitrogen and oxygen atoms in total. The van der Waals surface area contributed by atoms with Gasteiger partial charge in [-0.15, -0.1) is 4.47 Å². The van der Waals surface area contributed by atoms with Gasteiger partial charge < -0.3 is 10.5 Å². The number of aryl methyl sites for hydroxylation is 2. The van der Waals surface area contributed by atoms with Crippen molar-refractivity contribution >= 4 is 17.6 Å². The highest BCUT2D eigenvalue weighted by molar-refractivity contribution is 7.96. The van der Waals surface area contributed by atoms with Crippen LogP contribution in [0.25, 0.3) is 11.1 Å². The highest BCUT2D eigenvalue weighted by Crippen LogP contribution is 2.25. The van der Waals surface area contributed by atoms with Crippen molar-refractivity contribution in [1.29, 1.82) is 0 Å². The summed E-state index contributed by atoms with van der Waals surface area (Å²) in [6.07, 6.45) is 4.25. The Morgan fingerprint density at radius 1 is 0.943 bits per heavy atom. The van der Waals surface area contributed by atoms with Crippen molar-refractivity contribution in [1.82, 2.24) is 4.47 Å². The molecule has 186 valence electrons. The lowest BCUT2D eigenvalue weighted by atomic mass is 9.96. The number of anilines is 1. The van der Waals surface area contributed by atoms with Crippen molar-refractivity contribution in [2.24, 2.45) is 5.92 Å². The molecule has 0 heterocycles. The average Bonchev–Trinajstić information content (AvgIpc) is 2.86.